The molecule has 0 radical (unpaired) electrons. The zero-order valence-corrected chi connectivity index (χ0v) is 15.2. The fourth-order valence-corrected chi connectivity index (χ4v) is 3.51. The maximum atomic E-state index is 12.3. The Balaban J connectivity index is 1.71. The molecule has 0 atom stereocenters. The number of benzene rings is 2. The highest BCUT2D eigenvalue weighted by Gasteiger charge is 2.08. The first-order valence-electron chi connectivity index (χ1n) is 7.20. The van der Waals surface area contributed by atoms with Gasteiger partial charge in [-0.25, -0.2) is 9.66 Å². The standard InChI is InChI=1S/C17H14BrN3O2S/c1-11-8-12(18)6-7-15(11)24-9-16(22)20-21-10-19-14-5-3-2-4-13(14)17(21)23/h2-8,10H,9H2,1H3,(H,20,22). The highest BCUT2D eigenvalue weighted by molar-refractivity contribution is 9.10. The highest BCUT2D eigenvalue weighted by Crippen LogP contribution is 2.25. The summed E-state index contributed by atoms with van der Waals surface area (Å²) in [5.74, 6) is -0.0524. The molecule has 1 aromatic heterocycles. The number of rotatable bonds is 4. The fourth-order valence-electron chi connectivity index (χ4n) is 2.23. The van der Waals surface area contributed by atoms with Crippen molar-refractivity contribution in [3.63, 3.8) is 0 Å². The van der Waals surface area contributed by atoms with E-state index in [9.17, 15) is 9.59 Å². The molecule has 3 rings (SSSR count). The molecule has 0 unspecified atom stereocenters. The van der Waals surface area contributed by atoms with Gasteiger partial charge in [0.05, 0.1) is 16.7 Å². The Labute approximate surface area is 151 Å². The van der Waals surface area contributed by atoms with E-state index in [2.05, 4.69) is 26.3 Å². The largest absolute Gasteiger partial charge is 0.280 e. The van der Waals surface area contributed by atoms with Crippen molar-refractivity contribution in [3.8, 4) is 0 Å². The molecule has 122 valence electrons. The molecule has 1 heterocycles. The molecule has 0 aliphatic heterocycles. The second-order valence-corrected chi connectivity index (χ2v) is 7.10. The van der Waals surface area contributed by atoms with E-state index in [1.54, 1.807) is 18.2 Å². The average Bonchev–Trinajstić information content (AvgIpc) is 2.57. The maximum absolute atomic E-state index is 12.3. The number of nitrogens with one attached hydrogen (secondary N) is 1. The van der Waals surface area contributed by atoms with Crippen LogP contribution in [0.25, 0.3) is 10.9 Å². The molecule has 0 bridgehead atoms. The van der Waals surface area contributed by atoms with Crippen LogP contribution in [0.1, 0.15) is 5.56 Å². The molecule has 7 heteroatoms. The SMILES string of the molecule is Cc1cc(Br)ccc1SCC(=O)Nn1cnc2ccccc2c1=O. The van der Waals surface area contributed by atoms with E-state index in [1.807, 2.05) is 31.2 Å². The summed E-state index contributed by atoms with van der Waals surface area (Å²) in [6.07, 6.45) is 1.33. The van der Waals surface area contributed by atoms with Crippen LogP contribution < -0.4 is 11.0 Å². The van der Waals surface area contributed by atoms with Crippen LogP contribution in [-0.4, -0.2) is 21.3 Å². The van der Waals surface area contributed by atoms with E-state index in [0.717, 1.165) is 19.6 Å². The van der Waals surface area contributed by atoms with E-state index in [4.69, 9.17) is 0 Å². The smallest absolute Gasteiger partial charge is 0.272 e. The zero-order chi connectivity index (χ0) is 17.1. The number of carbonyl (C=O) groups is 1. The van der Waals surface area contributed by atoms with Gasteiger partial charge in [0.1, 0.15) is 6.33 Å². The van der Waals surface area contributed by atoms with Crippen LogP contribution in [0, 0.1) is 6.92 Å². The summed E-state index contributed by atoms with van der Waals surface area (Å²) in [6, 6.07) is 12.9. The summed E-state index contributed by atoms with van der Waals surface area (Å²) in [5, 5.41) is 0.469. The van der Waals surface area contributed by atoms with Gasteiger partial charge < -0.3 is 0 Å². The average molecular weight is 404 g/mol. The minimum atomic E-state index is -0.293. The molecule has 2 aromatic carbocycles. The van der Waals surface area contributed by atoms with Gasteiger partial charge >= 0.3 is 0 Å². The molecule has 1 amide bonds. The predicted molar refractivity (Wildman–Crippen MR) is 100.0 cm³/mol. The highest BCUT2D eigenvalue weighted by atomic mass is 79.9. The van der Waals surface area contributed by atoms with Crippen molar-refractivity contribution in [2.45, 2.75) is 11.8 Å². The summed E-state index contributed by atoms with van der Waals surface area (Å²) < 4.78 is 2.13. The van der Waals surface area contributed by atoms with Gasteiger partial charge in [0, 0.05) is 9.37 Å². The lowest BCUT2D eigenvalue weighted by Gasteiger charge is -2.09. The van der Waals surface area contributed by atoms with Gasteiger partial charge in [-0.1, -0.05) is 28.1 Å². The van der Waals surface area contributed by atoms with Crippen molar-refractivity contribution in [1.82, 2.24) is 9.66 Å². The van der Waals surface area contributed by atoms with Gasteiger partial charge in [-0.2, -0.15) is 0 Å². The maximum Gasteiger partial charge on any atom is 0.280 e. The van der Waals surface area contributed by atoms with Crippen LogP contribution in [0.15, 0.2) is 63.0 Å². The third kappa shape index (κ3) is 3.68. The Kier molecular flexibility index (Phi) is 5.01. The van der Waals surface area contributed by atoms with Crippen LogP contribution in [0.4, 0.5) is 0 Å². The summed E-state index contributed by atoms with van der Waals surface area (Å²) in [5.41, 5.74) is 3.98. The van der Waals surface area contributed by atoms with E-state index in [1.165, 1.54) is 18.1 Å². The summed E-state index contributed by atoms with van der Waals surface area (Å²) in [7, 11) is 0. The summed E-state index contributed by atoms with van der Waals surface area (Å²) >= 11 is 4.84. The van der Waals surface area contributed by atoms with Gasteiger partial charge in [-0.05, 0) is 42.8 Å². The number of carbonyl (C=O) groups excluding carboxylic acids is 1. The number of halogens is 1. The molecule has 0 fully saturated rings. The van der Waals surface area contributed by atoms with E-state index in [-0.39, 0.29) is 17.2 Å². The number of thioether (sulfide) groups is 1. The van der Waals surface area contributed by atoms with Crippen molar-refractivity contribution in [1.29, 1.82) is 0 Å². The topological polar surface area (TPSA) is 64.0 Å². The van der Waals surface area contributed by atoms with Gasteiger partial charge in [-0.3, -0.25) is 15.0 Å². The van der Waals surface area contributed by atoms with Crippen LogP contribution in [0.2, 0.25) is 0 Å². The molecular weight excluding hydrogens is 390 g/mol. The Bertz CT molecular complexity index is 971. The van der Waals surface area contributed by atoms with E-state index < -0.39 is 0 Å². The number of nitrogens with zero attached hydrogens (tertiary/aromatic N) is 2. The Morgan fingerprint density at radius 3 is 2.88 bits per heavy atom. The first kappa shape index (κ1) is 16.7. The number of hydrogen-bond acceptors (Lipinski definition) is 4. The molecular formula is C17H14BrN3O2S. The van der Waals surface area contributed by atoms with Gasteiger partial charge in [0.15, 0.2) is 0 Å². The minimum absolute atomic E-state index is 0.210. The zero-order valence-electron chi connectivity index (χ0n) is 12.8. The second-order valence-electron chi connectivity index (χ2n) is 5.17. The lowest BCUT2D eigenvalue weighted by Crippen LogP contribution is -2.34. The summed E-state index contributed by atoms with van der Waals surface area (Å²) in [6.45, 7) is 1.99. The van der Waals surface area contributed by atoms with Crippen molar-refractivity contribution in [2.24, 2.45) is 0 Å². The monoisotopic (exact) mass is 403 g/mol. The number of hydrogen-bond donors (Lipinski definition) is 1. The molecule has 24 heavy (non-hydrogen) atoms. The molecule has 0 spiro atoms. The number of para-hydroxylation sites is 1. The quantitative estimate of drug-likeness (QED) is 0.678. The van der Waals surface area contributed by atoms with Gasteiger partial charge in [0.25, 0.3) is 5.56 Å². The molecule has 0 aliphatic carbocycles. The Hall–Kier alpha value is -2.12. The van der Waals surface area contributed by atoms with Crippen molar-refractivity contribution < 1.29 is 4.79 Å². The molecule has 1 N–H and O–H groups in total. The second kappa shape index (κ2) is 7.19. The first-order chi connectivity index (χ1) is 11.5. The normalized spacial score (nSPS) is 10.8. The molecule has 0 saturated carbocycles. The number of fused-ring (bicyclic) bond motifs is 1. The number of amides is 1. The van der Waals surface area contributed by atoms with E-state index >= 15 is 0 Å². The van der Waals surface area contributed by atoms with Crippen molar-refractivity contribution >= 4 is 44.5 Å². The van der Waals surface area contributed by atoms with E-state index in [0.29, 0.717) is 10.9 Å². The molecule has 0 saturated heterocycles. The molecule has 5 nitrogen and oxygen atoms in total. The van der Waals surface area contributed by atoms with Crippen molar-refractivity contribution in [2.75, 3.05) is 11.2 Å². The molecule has 3 aromatic rings. The van der Waals surface area contributed by atoms with Gasteiger partial charge in [0.2, 0.25) is 5.91 Å². The molecule has 0 aliphatic rings. The Morgan fingerprint density at radius 2 is 2.08 bits per heavy atom. The Morgan fingerprint density at radius 1 is 1.29 bits per heavy atom. The lowest BCUT2D eigenvalue weighted by molar-refractivity contribution is -0.114. The van der Waals surface area contributed by atoms with Crippen LogP contribution >= 0.6 is 27.7 Å². The number of aromatic nitrogens is 2. The van der Waals surface area contributed by atoms with Crippen molar-refractivity contribution in [3.05, 3.63) is 69.2 Å². The first-order valence-corrected chi connectivity index (χ1v) is 8.97. The van der Waals surface area contributed by atoms with Gasteiger partial charge in [-0.15, -0.1) is 11.8 Å². The van der Waals surface area contributed by atoms with Crippen LogP contribution in [0.5, 0.6) is 0 Å². The number of aryl methyl sites for hydroxylation is 1. The third-order valence-corrected chi connectivity index (χ3v) is 5.08. The predicted octanol–water partition coefficient (Wildman–Crippen LogP) is 3.33. The summed E-state index contributed by atoms with van der Waals surface area (Å²) in [4.78, 5) is 29.6. The fraction of sp³-hybridized carbons (Fsp3) is 0.118. The van der Waals surface area contributed by atoms with Crippen LogP contribution in [-0.2, 0) is 4.79 Å². The third-order valence-electron chi connectivity index (χ3n) is 3.41. The minimum Gasteiger partial charge on any atom is -0.272 e. The van der Waals surface area contributed by atoms with Crippen LogP contribution in [0.3, 0.4) is 0 Å². The lowest BCUT2D eigenvalue weighted by atomic mass is 10.2.